The number of rotatable bonds is 5. The summed E-state index contributed by atoms with van der Waals surface area (Å²) in [6.07, 6.45) is 11.4. The summed E-state index contributed by atoms with van der Waals surface area (Å²) in [6.45, 7) is 3.29. The number of pyridine rings is 3. The van der Waals surface area contributed by atoms with E-state index in [-0.39, 0.29) is 0 Å². The third-order valence-corrected chi connectivity index (χ3v) is 7.08. The van der Waals surface area contributed by atoms with Crippen LogP contribution in [0.5, 0.6) is 0 Å². The van der Waals surface area contributed by atoms with Gasteiger partial charge in [-0.15, -0.1) is 0 Å². The maximum atomic E-state index is 4.90. The van der Waals surface area contributed by atoms with Crippen LogP contribution in [-0.2, 0) is 6.54 Å². The van der Waals surface area contributed by atoms with Gasteiger partial charge in [-0.25, -0.2) is 4.98 Å². The molecule has 2 N–H and O–H groups in total. The van der Waals surface area contributed by atoms with E-state index in [1.807, 2.05) is 36.7 Å². The third-order valence-electron chi connectivity index (χ3n) is 7.08. The quantitative estimate of drug-likeness (QED) is 0.329. The van der Waals surface area contributed by atoms with Gasteiger partial charge < -0.3 is 4.98 Å². The SMILES string of the molecule is c1ccc(-c2nccc3[nH]c(-c4n[nH]c5ccc(-c6cncc(CN7CCCCC7)c6)cc45)nc23)nc1. The zero-order valence-corrected chi connectivity index (χ0v) is 20.4. The molecule has 1 fully saturated rings. The second-order valence-corrected chi connectivity index (χ2v) is 9.61. The Morgan fingerprint density at radius 3 is 2.65 bits per heavy atom. The lowest BCUT2D eigenvalue weighted by Gasteiger charge is -2.26. The summed E-state index contributed by atoms with van der Waals surface area (Å²) in [7, 11) is 0. The van der Waals surface area contributed by atoms with Gasteiger partial charge in [-0.05, 0) is 73.5 Å². The zero-order valence-electron chi connectivity index (χ0n) is 20.4. The Bertz CT molecular complexity index is 1700. The maximum Gasteiger partial charge on any atom is 0.159 e. The molecular formula is C29H26N8. The first-order chi connectivity index (χ1) is 18.3. The molecule has 6 heterocycles. The standard InChI is InChI=1S/C29H26N8/c1-4-12-37(13-5-1)18-19-14-21(17-30-16-19)20-7-8-23-22(15-20)26(36-35-23)29-33-25-9-11-32-27(28(25)34-29)24-6-2-3-10-31-24/h2-3,6-11,14-17H,1,4-5,12-13,18H2,(H,33,34)(H,35,36). The lowest BCUT2D eigenvalue weighted by atomic mass is 10.0. The van der Waals surface area contributed by atoms with Gasteiger partial charge in [-0.3, -0.25) is 25.0 Å². The van der Waals surface area contributed by atoms with Crippen LogP contribution in [-0.4, -0.2) is 53.1 Å². The molecule has 0 atom stereocenters. The van der Waals surface area contributed by atoms with Gasteiger partial charge in [-0.2, -0.15) is 5.10 Å². The van der Waals surface area contributed by atoms with Crippen LogP contribution in [0.1, 0.15) is 24.8 Å². The average molecular weight is 487 g/mol. The minimum atomic E-state index is 0.695. The number of nitrogens with one attached hydrogen (secondary N) is 2. The first-order valence-electron chi connectivity index (χ1n) is 12.7. The number of hydrogen-bond donors (Lipinski definition) is 2. The van der Waals surface area contributed by atoms with Crippen LogP contribution in [0.4, 0.5) is 0 Å². The normalized spacial score (nSPS) is 14.5. The summed E-state index contributed by atoms with van der Waals surface area (Å²) >= 11 is 0. The number of piperidine rings is 1. The fourth-order valence-electron chi connectivity index (χ4n) is 5.22. The predicted octanol–water partition coefficient (Wildman–Crippen LogP) is 5.61. The van der Waals surface area contributed by atoms with Gasteiger partial charge >= 0.3 is 0 Å². The number of aromatic amines is 2. The molecule has 8 nitrogen and oxygen atoms in total. The lowest BCUT2D eigenvalue weighted by molar-refractivity contribution is 0.220. The second-order valence-electron chi connectivity index (χ2n) is 9.61. The van der Waals surface area contributed by atoms with Crippen molar-refractivity contribution >= 4 is 21.9 Å². The largest absolute Gasteiger partial charge is 0.336 e. The molecule has 0 saturated carbocycles. The number of H-pyrrole nitrogens is 2. The van der Waals surface area contributed by atoms with Crippen LogP contribution in [0, 0.1) is 0 Å². The molecule has 1 aromatic carbocycles. The Morgan fingerprint density at radius 1 is 0.811 bits per heavy atom. The third kappa shape index (κ3) is 4.15. The van der Waals surface area contributed by atoms with Gasteiger partial charge in [0.15, 0.2) is 5.82 Å². The second kappa shape index (κ2) is 9.22. The highest BCUT2D eigenvalue weighted by Gasteiger charge is 2.17. The van der Waals surface area contributed by atoms with E-state index in [9.17, 15) is 0 Å². The Kier molecular flexibility index (Phi) is 5.44. The Labute approximate surface area is 213 Å². The number of benzene rings is 1. The van der Waals surface area contributed by atoms with E-state index in [2.05, 4.69) is 59.3 Å². The summed E-state index contributed by atoms with van der Waals surface area (Å²) in [6, 6.07) is 16.3. The summed E-state index contributed by atoms with van der Waals surface area (Å²) in [5.41, 5.74) is 8.40. The highest BCUT2D eigenvalue weighted by atomic mass is 15.1. The predicted molar refractivity (Wildman–Crippen MR) is 145 cm³/mol. The van der Waals surface area contributed by atoms with E-state index in [1.54, 1.807) is 12.4 Å². The Balaban J connectivity index is 1.26. The number of fused-ring (bicyclic) bond motifs is 2. The van der Waals surface area contributed by atoms with Gasteiger partial charge in [-0.1, -0.05) is 18.6 Å². The minimum absolute atomic E-state index is 0.695. The summed E-state index contributed by atoms with van der Waals surface area (Å²) < 4.78 is 0. The van der Waals surface area contributed by atoms with Crippen molar-refractivity contribution in [2.75, 3.05) is 13.1 Å². The fourth-order valence-corrected chi connectivity index (χ4v) is 5.22. The van der Waals surface area contributed by atoms with Gasteiger partial charge in [0.25, 0.3) is 0 Å². The number of hydrogen-bond acceptors (Lipinski definition) is 6. The van der Waals surface area contributed by atoms with Crippen molar-refractivity contribution in [3.63, 3.8) is 0 Å². The molecule has 0 amide bonds. The van der Waals surface area contributed by atoms with E-state index in [0.29, 0.717) is 5.82 Å². The van der Waals surface area contributed by atoms with Crippen molar-refractivity contribution in [3.8, 4) is 34.0 Å². The highest BCUT2D eigenvalue weighted by molar-refractivity contribution is 5.97. The van der Waals surface area contributed by atoms with Crippen molar-refractivity contribution in [2.45, 2.75) is 25.8 Å². The van der Waals surface area contributed by atoms with Crippen LogP contribution in [0.15, 0.2) is 73.3 Å². The molecule has 182 valence electrons. The first kappa shape index (κ1) is 21.8. The monoisotopic (exact) mass is 486 g/mol. The van der Waals surface area contributed by atoms with Crippen molar-refractivity contribution in [3.05, 3.63) is 78.9 Å². The van der Waals surface area contributed by atoms with Crippen LogP contribution < -0.4 is 0 Å². The van der Waals surface area contributed by atoms with Gasteiger partial charge in [0.1, 0.15) is 16.9 Å². The fraction of sp³-hybridized carbons (Fsp3) is 0.207. The first-order valence-corrected chi connectivity index (χ1v) is 12.7. The van der Waals surface area contributed by atoms with E-state index in [4.69, 9.17) is 4.98 Å². The number of likely N-dealkylation sites (tertiary alicyclic amines) is 1. The Morgan fingerprint density at radius 2 is 1.76 bits per heavy atom. The van der Waals surface area contributed by atoms with E-state index in [0.717, 1.165) is 56.7 Å². The molecule has 0 aliphatic carbocycles. The van der Waals surface area contributed by atoms with E-state index >= 15 is 0 Å². The molecule has 5 aromatic heterocycles. The molecule has 7 rings (SSSR count). The van der Waals surface area contributed by atoms with Crippen molar-refractivity contribution in [1.29, 1.82) is 0 Å². The molecule has 37 heavy (non-hydrogen) atoms. The van der Waals surface area contributed by atoms with E-state index in [1.165, 1.54) is 37.9 Å². The van der Waals surface area contributed by atoms with Crippen molar-refractivity contribution in [1.82, 2.24) is 40.0 Å². The van der Waals surface area contributed by atoms with Gasteiger partial charge in [0.2, 0.25) is 0 Å². The number of aromatic nitrogens is 7. The lowest BCUT2D eigenvalue weighted by Crippen LogP contribution is -2.29. The maximum absolute atomic E-state index is 4.90. The molecule has 1 aliphatic heterocycles. The average Bonchev–Trinajstić information content (AvgIpc) is 3.58. The summed E-state index contributed by atoms with van der Waals surface area (Å²) in [5, 5.41) is 8.78. The van der Waals surface area contributed by atoms with Gasteiger partial charge in [0.05, 0.1) is 16.7 Å². The van der Waals surface area contributed by atoms with Crippen molar-refractivity contribution in [2.24, 2.45) is 0 Å². The molecular weight excluding hydrogens is 460 g/mol. The smallest absolute Gasteiger partial charge is 0.159 e. The molecule has 8 heteroatoms. The number of nitrogens with zero attached hydrogens (tertiary/aromatic N) is 6. The zero-order chi connectivity index (χ0) is 24.6. The Hall–Kier alpha value is -4.43. The topological polar surface area (TPSA) is 99.3 Å². The summed E-state index contributed by atoms with van der Waals surface area (Å²) in [4.78, 5) is 24.4. The number of imidazole rings is 1. The van der Waals surface area contributed by atoms with Crippen LogP contribution in [0.25, 0.3) is 56.0 Å². The molecule has 0 bridgehead atoms. The summed E-state index contributed by atoms with van der Waals surface area (Å²) in [5.74, 6) is 0.695. The molecule has 0 unspecified atom stereocenters. The molecule has 1 aliphatic rings. The van der Waals surface area contributed by atoms with Crippen molar-refractivity contribution < 1.29 is 0 Å². The molecule has 6 aromatic rings. The molecule has 0 radical (unpaired) electrons. The van der Waals surface area contributed by atoms with Crippen LogP contribution >= 0.6 is 0 Å². The van der Waals surface area contributed by atoms with Crippen LogP contribution in [0.3, 0.4) is 0 Å². The molecule has 0 spiro atoms. The van der Waals surface area contributed by atoms with Crippen LogP contribution in [0.2, 0.25) is 0 Å². The minimum Gasteiger partial charge on any atom is -0.336 e. The highest BCUT2D eigenvalue weighted by Crippen LogP contribution is 2.32. The van der Waals surface area contributed by atoms with E-state index < -0.39 is 0 Å². The molecule has 1 saturated heterocycles. The van der Waals surface area contributed by atoms with Gasteiger partial charge in [0, 0.05) is 42.3 Å².